The molecular weight excluding hydrogens is 224 g/mol. The highest BCUT2D eigenvalue weighted by Gasteiger charge is 2.20. The Balaban J connectivity index is 2.27. The molecule has 0 unspecified atom stereocenters. The fourth-order valence-corrected chi connectivity index (χ4v) is 2.12. The van der Waals surface area contributed by atoms with E-state index in [1.807, 2.05) is 12.3 Å². The number of hydrogen-bond acceptors (Lipinski definition) is 6. The highest BCUT2D eigenvalue weighted by molar-refractivity contribution is 7.98. The van der Waals surface area contributed by atoms with Gasteiger partial charge in [0.1, 0.15) is 11.6 Å². The second-order valence-corrected chi connectivity index (χ2v) is 4.53. The van der Waals surface area contributed by atoms with E-state index in [9.17, 15) is 0 Å². The summed E-state index contributed by atoms with van der Waals surface area (Å²) in [6, 6.07) is 2.15. The van der Waals surface area contributed by atoms with Gasteiger partial charge >= 0.3 is 0 Å². The van der Waals surface area contributed by atoms with Crippen molar-refractivity contribution in [2.75, 3.05) is 36.6 Å². The number of hydrogen-bond donors (Lipinski definition) is 1. The standard InChI is InChI=1S/C10H16N4OS/c1-7-6-15-4-3-14(7)9-5-8(11)12-10(13-9)16-2/h5,7H,3-4,6H2,1-2H3,(H2,11,12,13)/t7-/m1/s1. The second kappa shape index (κ2) is 4.88. The summed E-state index contributed by atoms with van der Waals surface area (Å²) in [5.41, 5.74) is 5.76. The van der Waals surface area contributed by atoms with E-state index >= 15 is 0 Å². The van der Waals surface area contributed by atoms with Crippen LogP contribution in [0.2, 0.25) is 0 Å². The zero-order valence-corrected chi connectivity index (χ0v) is 10.3. The Labute approximate surface area is 99.4 Å². The molecular formula is C10H16N4OS. The highest BCUT2D eigenvalue weighted by Crippen LogP contribution is 2.21. The molecule has 0 spiro atoms. The molecule has 6 heteroatoms. The maximum atomic E-state index is 5.76. The monoisotopic (exact) mass is 240 g/mol. The minimum Gasteiger partial charge on any atom is -0.383 e. The average Bonchev–Trinajstić information content (AvgIpc) is 2.28. The first-order chi connectivity index (χ1) is 7.70. The van der Waals surface area contributed by atoms with Crippen LogP contribution in [-0.4, -0.2) is 42.0 Å². The molecule has 0 aromatic carbocycles. The topological polar surface area (TPSA) is 64.3 Å². The van der Waals surface area contributed by atoms with Crippen molar-refractivity contribution in [1.29, 1.82) is 0 Å². The number of thioether (sulfide) groups is 1. The fraction of sp³-hybridized carbons (Fsp3) is 0.600. The molecule has 1 fully saturated rings. The third-order valence-electron chi connectivity index (χ3n) is 2.56. The van der Waals surface area contributed by atoms with Gasteiger partial charge in [-0.2, -0.15) is 0 Å². The van der Waals surface area contributed by atoms with Crippen molar-refractivity contribution in [1.82, 2.24) is 9.97 Å². The number of nitrogens with two attached hydrogens (primary N) is 1. The van der Waals surface area contributed by atoms with E-state index in [1.54, 1.807) is 0 Å². The number of rotatable bonds is 2. The van der Waals surface area contributed by atoms with Crippen LogP contribution in [0.3, 0.4) is 0 Å². The molecule has 2 rings (SSSR count). The first-order valence-corrected chi connectivity index (χ1v) is 6.46. The molecule has 1 aromatic rings. The first-order valence-electron chi connectivity index (χ1n) is 5.23. The zero-order valence-electron chi connectivity index (χ0n) is 9.51. The minimum absolute atomic E-state index is 0.331. The van der Waals surface area contributed by atoms with Gasteiger partial charge in [0.2, 0.25) is 0 Å². The quantitative estimate of drug-likeness (QED) is 0.615. The van der Waals surface area contributed by atoms with Crippen LogP contribution in [0.15, 0.2) is 11.2 Å². The minimum atomic E-state index is 0.331. The molecule has 1 aliphatic rings. The maximum absolute atomic E-state index is 5.76. The van der Waals surface area contributed by atoms with Crippen LogP contribution < -0.4 is 10.6 Å². The third-order valence-corrected chi connectivity index (χ3v) is 3.10. The Kier molecular flexibility index (Phi) is 3.50. The van der Waals surface area contributed by atoms with Gasteiger partial charge in [-0.3, -0.25) is 0 Å². The molecule has 0 radical (unpaired) electrons. The molecule has 5 nitrogen and oxygen atoms in total. The molecule has 1 aliphatic heterocycles. The molecule has 16 heavy (non-hydrogen) atoms. The Morgan fingerprint density at radius 1 is 1.56 bits per heavy atom. The van der Waals surface area contributed by atoms with Crippen molar-refractivity contribution in [2.24, 2.45) is 0 Å². The van der Waals surface area contributed by atoms with Gasteiger partial charge in [-0.25, -0.2) is 9.97 Å². The Morgan fingerprint density at radius 3 is 3.06 bits per heavy atom. The van der Waals surface area contributed by atoms with E-state index in [1.165, 1.54) is 11.8 Å². The maximum Gasteiger partial charge on any atom is 0.191 e. The van der Waals surface area contributed by atoms with Gasteiger partial charge in [-0.1, -0.05) is 11.8 Å². The summed E-state index contributed by atoms with van der Waals surface area (Å²) >= 11 is 1.50. The lowest BCUT2D eigenvalue weighted by Crippen LogP contribution is -2.44. The normalized spacial score (nSPS) is 21.1. The number of morpholine rings is 1. The van der Waals surface area contributed by atoms with Crippen LogP contribution >= 0.6 is 11.8 Å². The van der Waals surface area contributed by atoms with Crippen LogP contribution in [-0.2, 0) is 4.74 Å². The molecule has 0 saturated carbocycles. The molecule has 1 saturated heterocycles. The Morgan fingerprint density at radius 2 is 2.38 bits per heavy atom. The van der Waals surface area contributed by atoms with Crippen LogP contribution in [0.5, 0.6) is 0 Å². The summed E-state index contributed by atoms with van der Waals surface area (Å²) in [5, 5.41) is 0.716. The van der Waals surface area contributed by atoms with E-state index in [2.05, 4.69) is 21.8 Å². The van der Waals surface area contributed by atoms with Gasteiger partial charge in [0.25, 0.3) is 0 Å². The summed E-state index contributed by atoms with van der Waals surface area (Å²) in [7, 11) is 0. The summed E-state index contributed by atoms with van der Waals surface area (Å²) in [5.74, 6) is 1.42. The molecule has 0 bridgehead atoms. The van der Waals surface area contributed by atoms with Crippen molar-refractivity contribution in [3.05, 3.63) is 6.07 Å². The lowest BCUT2D eigenvalue weighted by atomic mass is 10.2. The summed E-state index contributed by atoms with van der Waals surface area (Å²) < 4.78 is 5.40. The number of anilines is 2. The SMILES string of the molecule is CSc1nc(N)cc(N2CCOC[C@H]2C)n1. The first kappa shape index (κ1) is 11.5. The Hall–Kier alpha value is -1.01. The number of aromatic nitrogens is 2. The van der Waals surface area contributed by atoms with Gasteiger partial charge < -0.3 is 15.4 Å². The molecule has 0 amide bonds. The highest BCUT2D eigenvalue weighted by atomic mass is 32.2. The average molecular weight is 240 g/mol. The molecule has 2 heterocycles. The van der Waals surface area contributed by atoms with Gasteiger partial charge in [0.15, 0.2) is 5.16 Å². The van der Waals surface area contributed by atoms with E-state index < -0.39 is 0 Å². The smallest absolute Gasteiger partial charge is 0.191 e. The fourth-order valence-electron chi connectivity index (χ4n) is 1.74. The van der Waals surface area contributed by atoms with E-state index in [-0.39, 0.29) is 0 Å². The number of ether oxygens (including phenoxy) is 1. The van der Waals surface area contributed by atoms with E-state index in [0.29, 0.717) is 17.0 Å². The molecule has 0 aliphatic carbocycles. The van der Waals surface area contributed by atoms with Gasteiger partial charge in [0.05, 0.1) is 19.3 Å². The van der Waals surface area contributed by atoms with Crippen LogP contribution in [0, 0.1) is 0 Å². The summed E-state index contributed by atoms with van der Waals surface area (Å²) in [4.78, 5) is 10.8. The van der Waals surface area contributed by atoms with E-state index in [4.69, 9.17) is 10.5 Å². The zero-order chi connectivity index (χ0) is 11.5. The van der Waals surface area contributed by atoms with Gasteiger partial charge in [0, 0.05) is 12.6 Å². The molecule has 1 aromatic heterocycles. The van der Waals surface area contributed by atoms with Crippen molar-refractivity contribution in [3.8, 4) is 0 Å². The lowest BCUT2D eigenvalue weighted by molar-refractivity contribution is 0.0984. The van der Waals surface area contributed by atoms with Crippen LogP contribution in [0.4, 0.5) is 11.6 Å². The number of nitrogen functional groups attached to an aromatic ring is 1. The Bertz CT molecular complexity index is 374. The molecule has 1 atom stereocenters. The molecule has 2 N–H and O–H groups in total. The predicted molar refractivity (Wildman–Crippen MR) is 65.9 cm³/mol. The van der Waals surface area contributed by atoms with Crippen molar-refractivity contribution >= 4 is 23.4 Å². The van der Waals surface area contributed by atoms with Gasteiger partial charge in [-0.05, 0) is 13.2 Å². The number of nitrogens with zero attached hydrogens (tertiary/aromatic N) is 3. The van der Waals surface area contributed by atoms with E-state index in [0.717, 1.165) is 25.6 Å². The second-order valence-electron chi connectivity index (χ2n) is 3.76. The largest absolute Gasteiger partial charge is 0.383 e. The van der Waals surface area contributed by atoms with Crippen molar-refractivity contribution in [3.63, 3.8) is 0 Å². The molecule has 88 valence electrons. The lowest BCUT2D eigenvalue weighted by Gasteiger charge is -2.34. The third kappa shape index (κ3) is 2.38. The summed E-state index contributed by atoms with van der Waals surface area (Å²) in [6.07, 6.45) is 1.95. The van der Waals surface area contributed by atoms with Gasteiger partial charge in [-0.15, -0.1) is 0 Å². The van der Waals surface area contributed by atoms with Crippen LogP contribution in [0.25, 0.3) is 0 Å². The van der Waals surface area contributed by atoms with Crippen LogP contribution in [0.1, 0.15) is 6.92 Å². The summed E-state index contributed by atoms with van der Waals surface area (Å²) in [6.45, 7) is 4.45. The van der Waals surface area contributed by atoms with Crippen molar-refractivity contribution < 1.29 is 4.74 Å². The van der Waals surface area contributed by atoms with Crippen molar-refractivity contribution in [2.45, 2.75) is 18.1 Å². The predicted octanol–water partition coefficient (Wildman–Crippen LogP) is 1.01.